The molecule has 0 saturated heterocycles. The lowest BCUT2D eigenvalue weighted by Gasteiger charge is -2.07. The third-order valence-corrected chi connectivity index (χ3v) is 2.07. The summed E-state index contributed by atoms with van der Waals surface area (Å²) >= 11 is 0. The van der Waals surface area contributed by atoms with Gasteiger partial charge in [0.05, 0.1) is 7.11 Å². The van der Waals surface area contributed by atoms with Crippen molar-refractivity contribution in [2.45, 2.75) is 20.4 Å². The highest BCUT2D eigenvalue weighted by Gasteiger charge is 2.03. The Labute approximate surface area is 77.7 Å². The number of aryl methyl sites for hydroxylation is 2. The molecule has 0 radical (unpaired) electrons. The van der Waals surface area contributed by atoms with Crippen LogP contribution in [-0.2, 0) is 11.4 Å². The van der Waals surface area contributed by atoms with Crippen molar-refractivity contribution in [3.63, 3.8) is 0 Å². The summed E-state index contributed by atoms with van der Waals surface area (Å²) in [5, 5.41) is 0. The van der Waals surface area contributed by atoms with Gasteiger partial charge in [-0.15, -0.1) is 0 Å². The standard InChI is InChI=1S/C10H14FNO/c1-7-4-9(6-12-13-3)10(11)5-8(7)2/h4-5,12H,6H2,1-3H3. The van der Waals surface area contributed by atoms with Crippen molar-refractivity contribution in [2.75, 3.05) is 7.11 Å². The number of benzene rings is 1. The van der Waals surface area contributed by atoms with Crippen LogP contribution < -0.4 is 5.48 Å². The monoisotopic (exact) mass is 183 g/mol. The molecule has 0 heterocycles. The van der Waals surface area contributed by atoms with Gasteiger partial charge in [0.1, 0.15) is 5.82 Å². The Morgan fingerprint density at radius 2 is 1.92 bits per heavy atom. The summed E-state index contributed by atoms with van der Waals surface area (Å²) in [5.74, 6) is -0.187. The first-order valence-corrected chi connectivity index (χ1v) is 4.16. The van der Waals surface area contributed by atoms with E-state index in [4.69, 9.17) is 0 Å². The zero-order valence-corrected chi connectivity index (χ0v) is 8.15. The van der Waals surface area contributed by atoms with E-state index in [2.05, 4.69) is 10.3 Å². The van der Waals surface area contributed by atoms with Crippen LogP contribution in [0.25, 0.3) is 0 Å². The molecule has 0 bridgehead atoms. The molecule has 3 heteroatoms. The van der Waals surface area contributed by atoms with E-state index < -0.39 is 0 Å². The summed E-state index contributed by atoms with van der Waals surface area (Å²) in [6.07, 6.45) is 0. The predicted molar refractivity (Wildman–Crippen MR) is 49.7 cm³/mol. The molecule has 0 unspecified atom stereocenters. The predicted octanol–water partition coefficient (Wildman–Crippen LogP) is 2.09. The lowest BCUT2D eigenvalue weighted by molar-refractivity contribution is 0.0859. The highest BCUT2D eigenvalue weighted by molar-refractivity contribution is 5.31. The zero-order valence-electron chi connectivity index (χ0n) is 8.15. The lowest BCUT2D eigenvalue weighted by atomic mass is 10.1. The molecule has 72 valence electrons. The van der Waals surface area contributed by atoms with Crippen molar-refractivity contribution in [1.82, 2.24) is 5.48 Å². The van der Waals surface area contributed by atoms with Crippen LogP contribution in [0.4, 0.5) is 4.39 Å². The maximum absolute atomic E-state index is 13.3. The first kappa shape index (κ1) is 10.2. The fraction of sp³-hybridized carbons (Fsp3) is 0.400. The van der Waals surface area contributed by atoms with Gasteiger partial charge in [0.25, 0.3) is 0 Å². The van der Waals surface area contributed by atoms with Crippen molar-refractivity contribution in [3.8, 4) is 0 Å². The van der Waals surface area contributed by atoms with Gasteiger partial charge in [-0.05, 0) is 31.0 Å². The highest BCUT2D eigenvalue weighted by Crippen LogP contribution is 2.14. The van der Waals surface area contributed by atoms with Crippen LogP contribution in [-0.4, -0.2) is 7.11 Å². The van der Waals surface area contributed by atoms with E-state index in [0.29, 0.717) is 12.1 Å². The van der Waals surface area contributed by atoms with Crippen LogP contribution >= 0.6 is 0 Å². The summed E-state index contributed by atoms with van der Waals surface area (Å²) < 4.78 is 13.3. The third-order valence-electron chi connectivity index (χ3n) is 2.07. The number of hydrogen-bond acceptors (Lipinski definition) is 2. The highest BCUT2D eigenvalue weighted by atomic mass is 19.1. The Morgan fingerprint density at radius 1 is 1.31 bits per heavy atom. The minimum absolute atomic E-state index is 0.187. The zero-order chi connectivity index (χ0) is 9.84. The quantitative estimate of drug-likeness (QED) is 0.724. The van der Waals surface area contributed by atoms with Crippen molar-refractivity contribution >= 4 is 0 Å². The fourth-order valence-electron chi connectivity index (χ4n) is 1.13. The van der Waals surface area contributed by atoms with E-state index in [-0.39, 0.29) is 5.82 Å². The van der Waals surface area contributed by atoms with E-state index >= 15 is 0 Å². The second-order valence-electron chi connectivity index (χ2n) is 3.05. The van der Waals surface area contributed by atoms with Crippen LogP contribution in [0.15, 0.2) is 12.1 Å². The largest absolute Gasteiger partial charge is 0.305 e. The molecular weight excluding hydrogens is 169 g/mol. The van der Waals surface area contributed by atoms with E-state index in [1.807, 2.05) is 19.9 Å². The third kappa shape index (κ3) is 2.50. The summed E-state index contributed by atoms with van der Waals surface area (Å²) in [5.41, 5.74) is 5.30. The Morgan fingerprint density at radius 3 is 2.54 bits per heavy atom. The maximum atomic E-state index is 13.3. The molecule has 1 N–H and O–H groups in total. The first-order chi connectivity index (χ1) is 6.15. The normalized spacial score (nSPS) is 10.5. The van der Waals surface area contributed by atoms with Gasteiger partial charge in [0, 0.05) is 12.1 Å². The summed E-state index contributed by atoms with van der Waals surface area (Å²) in [6.45, 7) is 4.25. The van der Waals surface area contributed by atoms with Gasteiger partial charge in [-0.25, -0.2) is 4.39 Å². The second kappa shape index (κ2) is 4.35. The molecule has 0 fully saturated rings. The van der Waals surface area contributed by atoms with Crippen molar-refractivity contribution < 1.29 is 9.23 Å². The van der Waals surface area contributed by atoms with Crippen LogP contribution in [0.3, 0.4) is 0 Å². The number of rotatable bonds is 3. The van der Waals surface area contributed by atoms with Crippen LogP contribution in [0, 0.1) is 19.7 Å². The van der Waals surface area contributed by atoms with Gasteiger partial charge in [-0.1, -0.05) is 6.07 Å². The molecule has 0 amide bonds. The summed E-state index contributed by atoms with van der Waals surface area (Å²) in [7, 11) is 1.51. The first-order valence-electron chi connectivity index (χ1n) is 4.16. The van der Waals surface area contributed by atoms with E-state index in [9.17, 15) is 4.39 Å². The number of hydrogen-bond donors (Lipinski definition) is 1. The Bertz CT molecular complexity index is 299. The van der Waals surface area contributed by atoms with E-state index in [1.165, 1.54) is 7.11 Å². The van der Waals surface area contributed by atoms with Crippen molar-refractivity contribution in [2.24, 2.45) is 0 Å². The summed E-state index contributed by atoms with van der Waals surface area (Å²) in [6, 6.07) is 3.37. The average Bonchev–Trinajstić information content (AvgIpc) is 2.09. The fourth-order valence-corrected chi connectivity index (χ4v) is 1.13. The molecule has 0 aliphatic rings. The van der Waals surface area contributed by atoms with Crippen molar-refractivity contribution in [3.05, 3.63) is 34.6 Å². The van der Waals surface area contributed by atoms with Gasteiger partial charge in [-0.3, -0.25) is 0 Å². The second-order valence-corrected chi connectivity index (χ2v) is 3.05. The summed E-state index contributed by atoms with van der Waals surface area (Å²) in [4.78, 5) is 4.65. The minimum atomic E-state index is -0.187. The molecule has 1 aromatic carbocycles. The Balaban J connectivity index is 2.88. The minimum Gasteiger partial charge on any atom is -0.305 e. The molecule has 0 aliphatic heterocycles. The van der Waals surface area contributed by atoms with Gasteiger partial charge >= 0.3 is 0 Å². The number of hydroxylamine groups is 1. The molecule has 13 heavy (non-hydrogen) atoms. The SMILES string of the molecule is CONCc1cc(C)c(C)cc1F. The molecule has 0 aliphatic carbocycles. The molecule has 0 atom stereocenters. The maximum Gasteiger partial charge on any atom is 0.128 e. The van der Waals surface area contributed by atoms with Gasteiger partial charge in [0.2, 0.25) is 0 Å². The topological polar surface area (TPSA) is 21.3 Å². The van der Waals surface area contributed by atoms with E-state index in [0.717, 1.165) is 11.1 Å². The van der Waals surface area contributed by atoms with Gasteiger partial charge in [-0.2, -0.15) is 5.48 Å². The molecule has 1 aromatic rings. The van der Waals surface area contributed by atoms with Crippen LogP contribution in [0.5, 0.6) is 0 Å². The van der Waals surface area contributed by atoms with Gasteiger partial charge < -0.3 is 4.84 Å². The van der Waals surface area contributed by atoms with Crippen LogP contribution in [0.2, 0.25) is 0 Å². The van der Waals surface area contributed by atoms with E-state index in [1.54, 1.807) is 6.07 Å². The van der Waals surface area contributed by atoms with Gasteiger partial charge in [0.15, 0.2) is 0 Å². The van der Waals surface area contributed by atoms with Crippen LogP contribution in [0.1, 0.15) is 16.7 Å². The molecule has 0 saturated carbocycles. The lowest BCUT2D eigenvalue weighted by Crippen LogP contribution is -2.12. The number of halogens is 1. The average molecular weight is 183 g/mol. The molecule has 0 spiro atoms. The Hall–Kier alpha value is -0.930. The smallest absolute Gasteiger partial charge is 0.128 e. The number of nitrogens with one attached hydrogen (secondary N) is 1. The van der Waals surface area contributed by atoms with Crippen molar-refractivity contribution in [1.29, 1.82) is 0 Å². The molecule has 0 aromatic heterocycles. The molecule has 2 nitrogen and oxygen atoms in total. The molecule has 1 rings (SSSR count). The molecular formula is C10H14FNO. The Kier molecular flexibility index (Phi) is 3.39.